The fraction of sp³-hybridized carbons (Fsp3) is 0.429. The minimum atomic E-state index is -0.931. The van der Waals surface area contributed by atoms with Crippen LogP contribution < -0.4 is 5.56 Å². The van der Waals surface area contributed by atoms with E-state index < -0.39 is 12.1 Å². The van der Waals surface area contributed by atoms with Crippen LogP contribution in [0.1, 0.15) is 49.7 Å². The second-order valence-corrected chi connectivity index (χ2v) is 9.78. The minimum Gasteiger partial charge on any atom is -0.448 e. The zero-order chi connectivity index (χ0) is 24.9. The summed E-state index contributed by atoms with van der Waals surface area (Å²) in [5.41, 5.74) is 1.13. The molecule has 0 N–H and O–H groups in total. The lowest BCUT2D eigenvalue weighted by molar-refractivity contribution is -0.141. The van der Waals surface area contributed by atoms with Gasteiger partial charge in [-0.2, -0.15) is 5.10 Å². The molecule has 4 rings (SSSR count). The Morgan fingerprint density at radius 1 is 0.971 bits per heavy atom. The van der Waals surface area contributed by atoms with Crippen molar-refractivity contribution in [1.29, 1.82) is 0 Å². The van der Waals surface area contributed by atoms with Crippen LogP contribution in [-0.2, 0) is 22.5 Å². The lowest BCUT2D eigenvalue weighted by Gasteiger charge is -2.33. The van der Waals surface area contributed by atoms with E-state index >= 15 is 0 Å². The molecule has 0 bridgehead atoms. The van der Waals surface area contributed by atoms with Crippen molar-refractivity contribution in [2.75, 3.05) is 13.1 Å². The highest BCUT2D eigenvalue weighted by molar-refractivity contribution is 6.02. The van der Waals surface area contributed by atoms with Crippen molar-refractivity contribution in [3.05, 3.63) is 76.2 Å². The topological polar surface area (TPSA) is 81.5 Å². The third kappa shape index (κ3) is 5.78. The van der Waals surface area contributed by atoms with E-state index in [9.17, 15) is 14.4 Å². The Labute approximate surface area is 205 Å². The lowest BCUT2D eigenvalue weighted by atomic mass is 9.90. The van der Waals surface area contributed by atoms with E-state index in [1.165, 1.54) is 10.2 Å². The van der Waals surface area contributed by atoms with Gasteiger partial charge in [0.1, 0.15) is 0 Å². The van der Waals surface area contributed by atoms with Crippen LogP contribution in [0.2, 0.25) is 0 Å². The summed E-state index contributed by atoms with van der Waals surface area (Å²) in [6.07, 6.45) is 1.93. The molecule has 1 aromatic heterocycles. The summed E-state index contributed by atoms with van der Waals surface area (Å²) >= 11 is 0. The summed E-state index contributed by atoms with van der Waals surface area (Å²) in [5.74, 6) is -0.178. The number of nitrogens with zero attached hydrogens (tertiary/aromatic N) is 3. The van der Waals surface area contributed by atoms with Crippen molar-refractivity contribution < 1.29 is 14.3 Å². The summed E-state index contributed by atoms with van der Waals surface area (Å²) in [7, 11) is 0. The minimum absolute atomic E-state index is 0.0575. The second kappa shape index (κ2) is 10.8. The van der Waals surface area contributed by atoms with Crippen molar-refractivity contribution >= 4 is 22.6 Å². The first-order valence-corrected chi connectivity index (χ1v) is 12.4. The summed E-state index contributed by atoms with van der Waals surface area (Å²) in [6.45, 7) is 7.24. The molecule has 1 atom stereocenters. The molecular formula is C28H33N3O4. The zero-order valence-electron chi connectivity index (χ0n) is 20.6. The SMILES string of the molecule is CC(C)Cn1nc(C(=O)OC(C)C(=O)N2CCC(Cc3ccccc3)CC2)c2ccccc2c1=O. The van der Waals surface area contributed by atoms with E-state index in [1.54, 1.807) is 36.1 Å². The first-order valence-electron chi connectivity index (χ1n) is 12.4. The highest BCUT2D eigenvalue weighted by Crippen LogP contribution is 2.23. The fourth-order valence-electron chi connectivity index (χ4n) is 4.68. The number of amides is 1. The van der Waals surface area contributed by atoms with Gasteiger partial charge in [0.25, 0.3) is 11.5 Å². The van der Waals surface area contributed by atoms with Gasteiger partial charge in [-0.1, -0.05) is 62.4 Å². The first-order chi connectivity index (χ1) is 16.8. The van der Waals surface area contributed by atoms with Gasteiger partial charge in [-0.05, 0) is 49.7 Å². The molecule has 1 aliphatic heterocycles. The maximum atomic E-state index is 13.1. The summed E-state index contributed by atoms with van der Waals surface area (Å²) in [5, 5.41) is 5.17. The molecule has 2 aromatic carbocycles. The van der Waals surface area contributed by atoms with Crippen LogP contribution in [0, 0.1) is 11.8 Å². The van der Waals surface area contributed by atoms with Crippen LogP contribution in [0.15, 0.2) is 59.4 Å². The third-order valence-electron chi connectivity index (χ3n) is 6.52. The fourth-order valence-corrected chi connectivity index (χ4v) is 4.68. The Bertz CT molecular complexity index is 1240. The zero-order valence-corrected chi connectivity index (χ0v) is 20.6. The van der Waals surface area contributed by atoms with Gasteiger partial charge in [0.2, 0.25) is 0 Å². The number of aromatic nitrogens is 2. The highest BCUT2D eigenvalue weighted by atomic mass is 16.5. The maximum Gasteiger partial charge on any atom is 0.360 e. The molecule has 0 aliphatic carbocycles. The number of benzene rings is 2. The van der Waals surface area contributed by atoms with Crippen LogP contribution >= 0.6 is 0 Å². The molecule has 1 fully saturated rings. The average molecular weight is 476 g/mol. The Morgan fingerprint density at radius 3 is 2.26 bits per heavy atom. The van der Waals surface area contributed by atoms with Gasteiger partial charge in [0.15, 0.2) is 11.8 Å². The van der Waals surface area contributed by atoms with Gasteiger partial charge >= 0.3 is 5.97 Å². The first kappa shape index (κ1) is 24.6. The number of carbonyl (C=O) groups is 2. The van der Waals surface area contributed by atoms with Gasteiger partial charge in [0.05, 0.1) is 5.39 Å². The molecular weight excluding hydrogens is 442 g/mol. The highest BCUT2D eigenvalue weighted by Gasteiger charge is 2.29. The molecule has 1 aliphatic rings. The van der Waals surface area contributed by atoms with Crippen LogP contribution in [0.3, 0.4) is 0 Å². The van der Waals surface area contributed by atoms with Crippen molar-refractivity contribution in [1.82, 2.24) is 14.7 Å². The van der Waals surface area contributed by atoms with E-state index in [1.807, 2.05) is 19.9 Å². The normalized spacial score (nSPS) is 15.4. The molecule has 35 heavy (non-hydrogen) atoms. The summed E-state index contributed by atoms with van der Waals surface area (Å²) < 4.78 is 6.89. The maximum absolute atomic E-state index is 13.1. The molecule has 7 heteroatoms. The lowest BCUT2D eigenvalue weighted by Crippen LogP contribution is -2.44. The number of rotatable bonds is 7. The van der Waals surface area contributed by atoms with Gasteiger partial charge < -0.3 is 9.64 Å². The largest absolute Gasteiger partial charge is 0.448 e. The van der Waals surface area contributed by atoms with Crippen molar-refractivity contribution in [3.63, 3.8) is 0 Å². The average Bonchev–Trinajstić information content (AvgIpc) is 2.86. The molecule has 0 saturated carbocycles. The predicted molar refractivity (Wildman–Crippen MR) is 135 cm³/mol. The number of carbonyl (C=O) groups excluding carboxylic acids is 2. The molecule has 0 radical (unpaired) electrons. The number of hydrogen-bond donors (Lipinski definition) is 0. The Morgan fingerprint density at radius 2 is 1.60 bits per heavy atom. The van der Waals surface area contributed by atoms with Gasteiger partial charge in [-0.3, -0.25) is 9.59 Å². The molecule has 0 spiro atoms. The number of fused-ring (bicyclic) bond motifs is 1. The van der Waals surface area contributed by atoms with E-state index in [0.717, 1.165) is 19.3 Å². The third-order valence-corrected chi connectivity index (χ3v) is 6.52. The molecule has 1 unspecified atom stereocenters. The quantitative estimate of drug-likeness (QED) is 0.481. The van der Waals surface area contributed by atoms with E-state index in [4.69, 9.17) is 4.74 Å². The van der Waals surface area contributed by atoms with Crippen molar-refractivity contribution in [2.45, 2.75) is 52.7 Å². The summed E-state index contributed by atoms with van der Waals surface area (Å²) in [6, 6.07) is 17.3. The second-order valence-electron chi connectivity index (χ2n) is 9.78. The van der Waals surface area contributed by atoms with E-state index in [2.05, 4.69) is 29.4 Å². The van der Waals surface area contributed by atoms with Crippen molar-refractivity contribution in [3.8, 4) is 0 Å². The van der Waals surface area contributed by atoms with Crippen LogP contribution in [0.5, 0.6) is 0 Å². The van der Waals surface area contributed by atoms with Crippen molar-refractivity contribution in [2.24, 2.45) is 11.8 Å². The van der Waals surface area contributed by atoms with Crippen LogP contribution in [0.25, 0.3) is 10.8 Å². The predicted octanol–water partition coefficient (Wildman–Crippen LogP) is 4.08. The molecule has 1 saturated heterocycles. The number of esters is 1. The molecule has 184 valence electrons. The summed E-state index contributed by atoms with van der Waals surface area (Å²) in [4.78, 5) is 40.7. The molecule has 1 amide bonds. The van der Waals surface area contributed by atoms with Gasteiger partial charge in [-0.25, -0.2) is 9.48 Å². The van der Waals surface area contributed by atoms with E-state index in [-0.39, 0.29) is 23.1 Å². The standard InChI is InChI=1S/C28H33N3O4/c1-19(2)18-31-27(33)24-12-8-7-11-23(24)25(29-31)28(34)35-20(3)26(32)30-15-13-22(14-16-30)17-21-9-5-4-6-10-21/h4-12,19-20,22H,13-18H2,1-3H3. The Kier molecular flexibility index (Phi) is 7.63. The monoisotopic (exact) mass is 475 g/mol. The van der Waals surface area contributed by atoms with Gasteiger partial charge in [0, 0.05) is 25.0 Å². The smallest absolute Gasteiger partial charge is 0.360 e. The van der Waals surface area contributed by atoms with E-state index in [0.29, 0.717) is 36.3 Å². The van der Waals surface area contributed by atoms with Crippen LogP contribution in [-0.4, -0.2) is 45.8 Å². The molecule has 2 heterocycles. The number of piperidine rings is 1. The molecule has 7 nitrogen and oxygen atoms in total. The number of ether oxygens (including phenoxy) is 1. The van der Waals surface area contributed by atoms with Crippen LogP contribution in [0.4, 0.5) is 0 Å². The Hall–Kier alpha value is -3.48. The van der Waals surface area contributed by atoms with Gasteiger partial charge in [-0.15, -0.1) is 0 Å². The number of hydrogen-bond acceptors (Lipinski definition) is 5. The molecule has 3 aromatic rings. The number of likely N-dealkylation sites (tertiary alicyclic amines) is 1. The Balaban J connectivity index is 1.42.